The largest absolute Gasteiger partial charge is 0.394 e. The quantitative estimate of drug-likeness (QED) is 0.361. The van der Waals surface area contributed by atoms with Crippen LogP contribution in [0.2, 0.25) is 0 Å². The second-order valence-corrected chi connectivity index (χ2v) is 8.35. The summed E-state index contributed by atoms with van der Waals surface area (Å²) in [5.74, 6) is 0.570. The van der Waals surface area contributed by atoms with Crippen molar-refractivity contribution >= 4 is 16.7 Å². The molecule has 168 valence electrons. The van der Waals surface area contributed by atoms with E-state index in [-0.39, 0.29) is 30.2 Å². The Morgan fingerprint density at radius 2 is 2.00 bits per heavy atom. The predicted molar refractivity (Wildman–Crippen MR) is 117 cm³/mol. The fourth-order valence-corrected chi connectivity index (χ4v) is 4.27. The third kappa shape index (κ3) is 3.68. The van der Waals surface area contributed by atoms with E-state index in [9.17, 15) is 20.1 Å². The highest BCUT2D eigenvalue weighted by Gasteiger charge is 2.29. The minimum Gasteiger partial charge on any atom is -0.394 e. The van der Waals surface area contributed by atoms with Crippen molar-refractivity contribution in [1.29, 1.82) is 0 Å². The molecule has 3 heterocycles. The van der Waals surface area contributed by atoms with Gasteiger partial charge in [0.05, 0.1) is 37.0 Å². The molecule has 1 fully saturated rings. The van der Waals surface area contributed by atoms with E-state index in [2.05, 4.69) is 10.3 Å². The van der Waals surface area contributed by atoms with Crippen LogP contribution in [0, 0.1) is 0 Å². The van der Waals surface area contributed by atoms with Crippen LogP contribution >= 0.6 is 0 Å². The van der Waals surface area contributed by atoms with Crippen LogP contribution in [0.4, 0.5) is 5.82 Å². The van der Waals surface area contributed by atoms with E-state index in [1.165, 1.54) is 0 Å². The molecule has 2 aromatic heterocycles. The van der Waals surface area contributed by atoms with Crippen molar-refractivity contribution < 1.29 is 25.2 Å². The van der Waals surface area contributed by atoms with Crippen LogP contribution in [0.3, 0.4) is 0 Å². The molecule has 5 rings (SSSR count). The van der Waals surface area contributed by atoms with Gasteiger partial charge in [0.15, 0.2) is 11.7 Å². The van der Waals surface area contributed by atoms with Gasteiger partial charge in [0, 0.05) is 41.5 Å². The van der Waals surface area contributed by atoms with Gasteiger partial charge in [-0.1, -0.05) is 6.07 Å². The summed E-state index contributed by atoms with van der Waals surface area (Å²) in [5.41, 5.74) is 3.96. The van der Waals surface area contributed by atoms with Gasteiger partial charge in [-0.25, -0.2) is 4.98 Å². The van der Waals surface area contributed by atoms with E-state index in [4.69, 9.17) is 9.84 Å². The lowest BCUT2D eigenvalue weighted by atomic mass is 9.95. The van der Waals surface area contributed by atoms with Crippen molar-refractivity contribution in [3.05, 3.63) is 57.5 Å². The summed E-state index contributed by atoms with van der Waals surface area (Å²) in [4.78, 5) is 17.4. The third-order valence-corrected chi connectivity index (χ3v) is 6.06. The Morgan fingerprint density at radius 1 is 1.19 bits per heavy atom. The van der Waals surface area contributed by atoms with Gasteiger partial charge in [-0.2, -0.15) is 0 Å². The summed E-state index contributed by atoms with van der Waals surface area (Å²) >= 11 is 0. The molecule has 3 aromatic rings. The predicted octanol–water partition coefficient (Wildman–Crippen LogP) is 1.18. The van der Waals surface area contributed by atoms with Crippen LogP contribution in [0.5, 0.6) is 0 Å². The van der Waals surface area contributed by atoms with Gasteiger partial charge in [-0.3, -0.25) is 4.79 Å². The Morgan fingerprint density at radius 3 is 2.72 bits per heavy atom. The van der Waals surface area contributed by atoms with Crippen molar-refractivity contribution in [3.63, 3.8) is 0 Å². The molecule has 1 saturated carbocycles. The number of nitrogens with one attached hydrogen (secondary N) is 1. The Bertz CT molecular complexity index is 1230. The number of aliphatic hydroxyl groups is 4. The second-order valence-electron chi connectivity index (χ2n) is 8.35. The number of pyridine rings is 2. The highest BCUT2D eigenvalue weighted by Crippen LogP contribution is 2.41. The summed E-state index contributed by atoms with van der Waals surface area (Å²) in [7, 11) is 0. The number of ether oxygens (including phenoxy) is 1. The summed E-state index contributed by atoms with van der Waals surface area (Å²) in [6.07, 6.45) is 2.55. The maximum absolute atomic E-state index is 12.9. The van der Waals surface area contributed by atoms with Crippen LogP contribution in [0.25, 0.3) is 22.0 Å². The zero-order chi connectivity index (χ0) is 22.4. The number of hydrogen-bond donors (Lipinski definition) is 5. The number of hydrogen-bond acceptors (Lipinski definition) is 8. The van der Waals surface area contributed by atoms with Gasteiger partial charge in [0.25, 0.3) is 0 Å². The second kappa shape index (κ2) is 8.27. The average molecular weight is 439 g/mol. The van der Waals surface area contributed by atoms with E-state index >= 15 is 0 Å². The van der Waals surface area contributed by atoms with Gasteiger partial charge in [-0.15, -0.1) is 0 Å². The summed E-state index contributed by atoms with van der Waals surface area (Å²) in [6, 6.07) is 5.67. The Labute approximate surface area is 183 Å². The number of nitrogens with zero attached hydrogens (tertiary/aromatic N) is 2. The lowest BCUT2D eigenvalue weighted by molar-refractivity contribution is -0.0435. The molecule has 0 spiro atoms. The van der Waals surface area contributed by atoms with E-state index in [0.717, 1.165) is 40.6 Å². The van der Waals surface area contributed by atoms with Crippen LogP contribution in [0.1, 0.15) is 41.9 Å². The fourth-order valence-electron chi connectivity index (χ4n) is 4.27. The van der Waals surface area contributed by atoms with Gasteiger partial charge in [-0.05, 0) is 36.1 Å². The third-order valence-electron chi connectivity index (χ3n) is 6.06. The lowest BCUT2D eigenvalue weighted by Gasteiger charge is -2.19. The van der Waals surface area contributed by atoms with Crippen LogP contribution in [-0.4, -0.2) is 49.2 Å². The summed E-state index contributed by atoms with van der Waals surface area (Å²) in [6.45, 7) is 0.503. The van der Waals surface area contributed by atoms with Crippen LogP contribution in [-0.2, 0) is 18.0 Å². The Kier molecular flexibility index (Phi) is 5.44. The first-order valence-electron chi connectivity index (χ1n) is 10.6. The monoisotopic (exact) mass is 439 g/mol. The molecule has 5 N–H and O–H groups in total. The van der Waals surface area contributed by atoms with Gasteiger partial charge < -0.3 is 35.0 Å². The van der Waals surface area contributed by atoms with Crippen molar-refractivity contribution in [2.45, 2.75) is 44.5 Å². The molecule has 0 radical (unpaired) electrons. The first-order valence-corrected chi connectivity index (χ1v) is 10.6. The van der Waals surface area contributed by atoms with E-state index in [1.54, 1.807) is 18.5 Å². The Balaban J connectivity index is 1.65. The minimum atomic E-state index is -1.83. The number of anilines is 1. The molecular formula is C23H25N3O6. The van der Waals surface area contributed by atoms with Crippen molar-refractivity contribution in [3.8, 4) is 11.1 Å². The topological polar surface area (TPSA) is 137 Å². The molecule has 0 bridgehead atoms. The molecule has 32 heavy (non-hydrogen) atoms. The van der Waals surface area contributed by atoms with Crippen LogP contribution in [0.15, 0.2) is 35.4 Å². The van der Waals surface area contributed by atoms with Crippen molar-refractivity contribution in [2.75, 3.05) is 18.5 Å². The van der Waals surface area contributed by atoms with E-state index in [1.807, 2.05) is 16.7 Å². The van der Waals surface area contributed by atoms with Crippen molar-refractivity contribution in [1.82, 2.24) is 9.55 Å². The van der Waals surface area contributed by atoms with E-state index in [0.29, 0.717) is 24.4 Å². The number of aromatic nitrogens is 2. The Hall–Kier alpha value is -2.82. The first kappa shape index (κ1) is 21.0. The molecule has 1 atom stereocenters. The molecule has 9 nitrogen and oxygen atoms in total. The van der Waals surface area contributed by atoms with E-state index < -0.39 is 12.4 Å². The first-order chi connectivity index (χ1) is 15.5. The van der Waals surface area contributed by atoms with Gasteiger partial charge in [0.2, 0.25) is 0 Å². The minimum absolute atomic E-state index is 0.0262. The molecule has 1 unspecified atom stereocenters. The molecule has 1 aliphatic heterocycles. The van der Waals surface area contributed by atoms with Crippen LogP contribution < -0.4 is 10.7 Å². The number of rotatable bonds is 6. The molecule has 1 aromatic carbocycles. The smallest absolute Gasteiger partial charge is 0.197 e. The molecule has 9 heteroatoms. The highest BCUT2D eigenvalue weighted by atomic mass is 16.5. The summed E-state index contributed by atoms with van der Waals surface area (Å²) in [5, 5.41) is 41.4. The highest BCUT2D eigenvalue weighted by molar-refractivity contribution is 5.90. The maximum atomic E-state index is 12.9. The number of fused-ring (bicyclic) bond motifs is 5. The zero-order valence-corrected chi connectivity index (χ0v) is 17.4. The van der Waals surface area contributed by atoms with Gasteiger partial charge >= 0.3 is 0 Å². The standard InChI is InChI=1S/C23H25N3O6/c27-9-14(28)6-24-20-5-12-10-32-11-19-15(17(12)7-25-20)3-4-16-21(19)26(13-1-2-13)8-18(22(16)29)23(30)31/h3-5,7-8,13-14,23,27-28,30-31H,1-2,6,9-11H2,(H,24,25). The maximum Gasteiger partial charge on any atom is 0.197 e. The van der Waals surface area contributed by atoms with Gasteiger partial charge in [0.1, 0.15) is 5.82 Å². The van der Waals surface area contributed by atoms with Crippen molar-refractivity contribution in [2.24, 2.45) is 0 Å². The molecule has 0 amide bonds. The zero-order valence-electron chi connectivity index (χ0n) is 17.4. The number of aliphatic hydroxyl groups excluding tert-OH is 3. The lowest BCUT2D eigenvalue weighted by Crippen LogP contribution is -2.23. The fraction of sp³-hybridized carbons (Fsp3) is 0.391. The molecular weight excluding hydrogens is 414 g/mol. The SMILES string of the molecule is O=c1c(C(O)O)cn(C2CC2)c2c3c(ccc12)-c1cnc(NCC(O)CO)cc1COC3. The molecule has 2 aliphatic rings. The number of benzene rings is 1. The molecule has 1 aliphatic carbocycles. The molecule has 0 saturated heterocycles. The summed E-state index contributed by atoms with van der Waals surface area (Å²) < 4.78 is 7.96. The normalized spacial score (nSPS) is 16.5. The average Bonchev–Trinajstić information content (AvgIpc) is 3.64.